The molecule has 78 valence electrons. The first-order valence-corrected chi connectivity index (χ1v) is 4.78. The standard InChI is InChI=1S/C9H20N2O2/c1-5-11(6-2)9(12)10-13-7-8(3)4/h8H,5-7H2,1-4H3,(H,10,12). The van der Waals surface area contributed by atoms with Crippen LogP contribution in [-0.2, 0) is 4.84 Å². The maximum Gasteiger partial charge on any atom is 0.341 e. The van der Waals surface area contributed by atoms with Crippen LogP contribution in [0.25, 0.3) is 0 Å². The molecule has 0 aromatic rings. The van der Waals surface area contributed by atoms with Crippen LogP contribution in [0.4, 0.5) is 4.79 Å². The Balaban J connectivity index is 3.60. The van der Waals surface area contributed by atoms with Crippen molar-refractivity contribution in [3.63, 3.8) is 0 Å². The maximum absolute atomic E-state index is 11.3. The number of nitrogens with zero attached hydrogens (tertiary/aromatic N) is 1. The van der Waals surface area contributed by atoms with Crippen LogP contribution in [0.3, 0.4) is 0 Å². The summed E-state index contributed by atoms with van der Waals surface area (Å²) < 4.78 is 0. The molecule has 0 unspecified atom stereocenters. The summed E-state index contributed by atoms with van der Waals surface area (Å²) in [6, 6.07) is -0.161. The number of rotatable bonds is 5. The van der Waals surface area contributed by atoms with E-state index in [1.54, 1.807) is 4.90 Å². The summed E-state index contributed by atoms with van der Waals surface area (Å²) in [4.78, 5) is 17.9. The molecule has 2 amide bonds. The summed E-state index contributed by atoms with van der Waals surface area (Å²) in [7, 11) is 0. The van der Waals surface area contributed by atoms with Gasteiger partial charge in [-0.25, -0.2) is 10.3 Å². The normalized spacial score (nSPS) is 10.2. The fourth-order valence-corrected chi connectivity index (χ4v) is 0.845. The van der Waals surface area contributed by atoms with Crippen LogP contribution in [0.2, 0.25) is 0 Å². The Morgan fingerprint density at radius 2 is 1.92 bits per heavy atom. The lowest BCUT2D eigenvalue weighted by molar-refractivity contribution is 0.0334. The van der Waals surface area contributed by atoms with Gasteiger partial charge in [-0.05, 0) is 19.8 Å². The lowest BCUT2D eigenvalue weighted by atomic mass is 10.2. The first-order valence-electron chi connectivity index (χ1n) is 4.78. The van der Waals surface area contributed by atoms with Gasteiger partial charge in [0.1, 0.15) is 0 Å². The highest BCUT2D eigenvalue weighted by atomic mass is 16.7. The Hall–Kier alpha value is -0.770. The average Bonchev–Trinajstić information content (AvgIpc) is 2.05. The Labute approximate surface area is 80.2 Å². The third-order valence-electron chi connectivity index (χ3n) is 1.63. The van der Waals surface area contributed by atoms with Gasteiger partial charge >= 0.3 is 6.03 Å². The Bertz CT molecular complexity index is 145. The van der Waals surface area contributed by atoms with Gasteiger partial charge in [-0.1, -0.05) is 13.8 Å². The van der Waals surface area contributed by atoms with Gasteiger partial charge in [0.25, 0.3) is 0 Å². The number of amides is 2. The highest BCUT2D eigenvalue weighted by Crippen LogP contribution is 1.92. The number of hydrogen-bond donors (Lipinski definition) is 1. The quantitative estimate of drug-likeness (QED) is 0.666. The molecule has 0 radical (unpaired) electrons. The minimum absolute atomic E-state index is 0.161. The van der Waals surface area contributed by atoms with Crippen molar-refractivity contribution in [2.45, 2.75) is 27.7 Å². The number of urea groups is 1. The van der Waals surface area contributed by atoms with Crippen molar-refractivity contribution >= 4 is 6.03 Å². The van der Waals surface area contributed by atoms with Crippen molar-refractivity contribution < 1.29 is 9.63 Å². The first kappa shape index (κ1) is 12.2. The molecule has 13 heavy (non-hydrogen) atoms. The van der Waals surface area contributed by atoms with Crippen LogP contribution in [-0.4, -0.2) is 30.6 Å². The SMILES string of the molecule is CCN(CC)C(=O)NOCC(C)C. The van der Waals surface area contributed by atoms with Crippen LogP contribution < -0.4 is 5.48 Å². The number of nitrogens with one attached hydrogen (secondary N) is 1. The minimum Gasteiger partial charge on any atom is -0.324 e. The minimum atomic E-state index is -0.161. The molecule has 0 aromatic carbocycles. The molecule has 0 saturated carbocycles. The third-order valence-corrected chi connectivity index (χ3v) is 1.63. The molecule has 0 bridgehead atoms. The Morgan fingerprint density at radius 3 is 2.31 bits per heavy atom. The van der Waals surface area contributed by atoms with Gasteiger partial charge in [0.2, 0.25) is 0 Å². The van der Waals surface area contributed by atoms with Crippen molar-refractivity contribution in [2.24, 2.45) is 5.92 Å². The van der Waals surface area contributed by atoms with E-state index in [2.05, 4.69) is 5.48 Å². The molecular weight excluding hydrogens is 168 g/mol. The van der Waals surface area contributed by atoms with E-state index >= 15 is 0 Å². The molecule has 1 N–H and O–H groups in total. The monoisotopic (exact) mass is 188 g/mol. The van der Waals surface area contributed by atoms with E-state index in [4.69, 9.17) is 4.84 Å². The summed E-state index contributed by atoms with van der Waals surface area (Å²) in [6.07, 6.45) is 0. The van der Waals surface area contributed by atoms with Crippen molar-refractivity contribution in [2.75, 3.05) is 19.7 Å². The molecular formula is C9H20N2O2. The Kier molecular flexibility index (Phi) is 6.32. The van der Waals surface area contributed by atoms with Crippen LogP contribution in [0.15, 0.2) is 0 Å². The van der Waals surface area contributed by atoms with Crippen molar-refractivity contribution in [1.29, 1.82) is 0 Å². The molecule has 0 aliphatic heterocycles. The molecule has 4 heteroatoms. The van der Waals surface area contributed by atoms with Crippen LogP contribution in [0, 0.1) is 5.92 Å². The third kappa shape index (κ3) is 5.47. The van der Waals surface area contributed by atoms with Crippen LogP contribution in [0.5, 0.6) is 0 Å². The van der Waals surface area contributed by atoms with Gasteiger partial charge in [-0.3, -0.25) is 4.84 Å². The molecule has 0 spiro atoms. The summed E-state index contributed by atoms with van der Waals surface area (Å²) in [6.45, 7) is 9.89. The van der Waals surface area contributed by atoms with Crippen molar-refractivity contribution in [1.82, 2.24) is 10.4 Å². The molecule has 0 aliphatic rings. The number of hydroxylamine groups is 1. The van der Waals surface area contributed by atoms with E-state index in [0.29, 0.717) is 25.6 Å². The van der Waals surface area contributed by atoms with Gasteiger partial charge in [0, 0.05) is 13.1 Å². The molecule has 0 saturated heterocycles. The van der Waals surface area contributed by atoms with Crippen LogP contribution in [0.1, 0.15) is 27.7 Å². The van der Waals surface area contributed by atoms with E-state index in [1.165, 1.54) is 0 Å². The second-order valence-electron chi connectivity index (χ2n) is 3.28. The molecule has 0 aliphatic carbocycles. The molecule has 0 aromatic heterocycles. The van der Waals surface area contributed by atoms with Crippen molar-refractivity contribution in [3.8, 4) is 0 Å². The predicted octanol–water partition coefficient (Wildman–Crippen LogP) is 1.63. The summed E-state index contributed by atoms with van der Waals surface area (Å²) in [5.74, 6) is 0.428. The van der Waals surface area contributed by atoms with Gasteiger partial charge < -0.3 is 4.90 Å². The highest BCUT2D eigenvalue weighted by Gasteiger charge is 2.08. The van der Waals surface area contributed by atoms with E-state index in [9.17, 15) is 4.79 Å². The zero-order valence-electron chi connectivity index (χ0n) is 8.96. The molecule has 0 atom stereocenters. The second kappa shape index (κ2) is 6.71. The van der Waals surface area contributed by atoms with E-state index < -0.39 is 0 Å². The zero-order valence-corrected chi connectivity index (χ0v) is 8.96. The lowest BCUT2D eigenvalue weighted by Gasteiger charge is -2.19. The van der Waals surface area contributed by atoms with E-state index in [-0.39, 0.29) is 6.03 Å². The first-order chi connectivity index (χ1) is 6.11. The number of carbonyl (C=O) groups excluding carboxylic acids is 1. The van der Waals surface area contributed by atoms with Crippen molar-refractivity contribution in [3.05, 3.63) is 0 Å². The summed E-state index contributed by atoms with van der Waals surface area (Å²) in [5.41, 5.74) is 2.40. The topological polar surface area (TPSA) is 41.6 Å². The highest BCUT2D eigenvalue weighted by molar-refractivity contribution is 5.72. The van der Waals surface area contributed by atoms with E-state index in [0.717, 1.165) is 0 Å². The lowest BCUT2D eigenvalue weighted by Crippen LogP contribution is -2.40. The smallest absolute Gasteiger partial charge is 0.324 e. The van der Waals surface area contributed by atoms with E-state index in [1.807, 2.05) is 27.7 Å². The molecule has 0 fully saturated rings. The summed E-state index contributed by atoms with van der Waals surface area (Å²) >= 11 is 0. The van der Waals surface area contributed by atoms with Gasteiger partial charge in [0.15, 0.2) is 0 Å². The van der Waals surface area contributed by atoms with Gasteiger partial charge in [-0.15, -0.1) is 0 Å². The molecule has 4 nitrogen and oxygen atoms in total. The largest absolute Gasteiger partial charge is 0.341 e. The van der Waals surface area contributed by atoms with Gasteiger partial charge in [0.05, 0.1) is 6.61 Å². The summed E-state index contributed by atoms with van der Waals surface area (Å²) in [5, 5.41) is 0. The number of hydrogen-bond acceptors (Lipinski definition) is 2. The average molecular weight is 188 g/mol. The molecule has 0 rings (SSSR count). The maximum atomic E-state index is 11.3. The van der Waals surface area contributed by atoms with Gasteiger partial charge in [-0.2, -0.15) is 0 Å². The Morgan fingerprint density at radius 1 is 1.38 bits per heavy atom. The predicted molar refractivity (Wildman–Crippen MR) is 52.2 cm³/mol. The molecule has 0 heterocycles. The fraction of sp³-hybridized carbons (Fsp3) is 0.889. The van der Waals surface area contributed by atoms with Crippen LogP contribution >= 0.6 is 0 Å². The fourth-order valence-electron chi connectivity index (χ4n) is 0.845. The second-order valence-corrected chi connectivity index (χ2v) is 3.28. The zero-order chi connectivity index (χ0) is 10.3. The number of carbonyl (C=O) groups is 1.